The third kappa shape index (κ3) is 4.74. The largest absolute Gasteiger partial charge is 0.484 e. The first-order chi connectivity index (χ1) is 15.8. The molecule has 33 heavy (non-hydrogen) atoms. The fraction of sp³-hybridized carbons (Fsp3) is 0.360. The van der Waals surface area contributed by atoms with Crippen molar-refractivity contribution in [3.63, 3.8) is 0 Å². The molecule has 0 saturated carbocycles. The van der Waals surface area contributed by atoms with Crippen LogP contribution in [0.25, 0.3) is 0 Å². The van der Waals surface area contributed by atoms with Gasteiger partial charge >= 0.3 is 0 Å². The van der Waals surface area contributed by atoms with E-state index in [2.05, 4.69) is 5.32 Å². The van der Waals surface area contributed by atoms with Crippen molar-refractivity contribution in [3.05, 3.63) is 65.2 Å². The SMILES string of the molecule is CC(C)N1C(=O)c2ccc(C(=O)N3CCC(NC(=O)COc4ccccc4)CC3)cc2C1=O. The van der Waals surface area contributed by atoms with E-state index in [0.29, 0.717) is 42.8 Å². The molecule has 1 saturated heterocycles. The van der Waals surface area contributed by atoms with Crippen LogP contribution in [-0.4, -0.2) is 65.2 Å². The number of benzene rings is 2. The van der Waals surface area contributed by atoms with Crippen LogP contribution >= 0.6 is 0 Å². The molecule has 4 rings (SSSR count). The predicted octanol–water partition coefficient (Wildman–Crippen LogP) is 2.49. The van der Waals surface area contributed by atoms with E-state index in [0.717, 1.165) is 0 Å². The molecule has 2 aromatic rings. The summed E-state index contributed by atoms with van der Waals surface area (Å²) in [6.45, 7) is 4.49. The van der Waals surface area contributed by atoms with Crippen molar-refractivity contribution in [2.24, 2.45) is 0 Å². The zero-order valence-electron chi connectivity index (χ0n) is 18.7. The maximum Gasteiger partial charge on any atom is 0.261 e. The number of hydrogen-bond acceptors (Lipinski definition) is 5. The number of hydrogen-bond donors (Lipinski definition) is 1. The van der Waals surface area contributed by atoms with Gasteiger partial charge in [0, 0.05) is 30.7 Å². The van der Waals surface area contributed by atoms with Crippen molar-refractivity contribution in [2.75, 3.05) is 19.7 Å². The number of fused-ring (bicyclic) bond motifs is 1. The molecule has 0 bridgehead atoms. The molecule has 0 aromatic heterocycles. The van der Waals surface area contributed by atoms with Crippen molar-refractivity contribution < 1.29 is 23.9 Å². The summed E-state index contributed by atoms with van der Waals surface area (Å²) in [6, 6.07) is 13.6. The molecule has 0 radical (unpaired) electrons. The molecule has 8 nitrogen and oxygen atoms in total. The Kier molecular flexibility index (Phi) is 6.44. The predicted molar refractivity (Wildman–Crippen MR) is 121 cm³/mol. The van der Waals surface area contributed by atoms with Crippen LogP contribution in [0.15, 0.2) is 48.5 Å². The Labute approximate surface area is 192 Å². The van der Waals surface area contributed by atoms with Gasteiger partial charge in [-0.15, -0.1) is 0 Å². The summed E-state index contributed by atoms with van der Waals surface area (Å²) in [4.78, 5) is 53.2. The van der Waals surface area contributed by atoms with E-state index in [4.69, 9.17) is 4.74 Å². The van der Waals surface area contributed by atoms with Crippen LogP contribution in [0.3, 0.4) is 0 Å². The molecule has 172 valence electrons. The first kappa shape index (κ1) is 22.5. The standard InChI is InChI=1S/C25H27N3O5/c1-16(2)28-24(31)20-9-8-17(14-21(20)25(28)32)23(30)27-12-10-18(11-13-27)26-22(29)15-33-19-6-4-3-5-7-19/h3-9,14,16,18H,10-13,15H2,1-2H3,(H,26,29). The second kappa shape index (κ2) is 9.44. The minimum atomic E-state index is -0.362. The highest BCUT2D eigenvalue weighted by atomic mass is 16.5. The molecule has 2 aliphatic rings. The average molecular weight is 450 g/mol. The number of likely N-dealkylation sites (tertiary alicyclic amines) is 1. The van der Waals surface area contributed by atoms with E-state index in [9.17, 15) is 19.2 Å². The molecule has 2 heterocycles. The Morgan fingerprint density at radius 1 is 1.00 bits per heavy atom. The van der Waals surface area contributed by atoms with Gasteiger partial charge in [0.25, 0.3) is 23.6 Å². The number of carbonyl (C=O) groups excluding carboxylic acids is 4. The number of ether oxygens (including phenoxy) is 1. The van der Waals surface area contributed by atoms with Crippen molar-refractivity contribution in [1.29, 1.82) is 0 Å². The maximum absolute atomic E-state index is 13.0. The van der Waals surface area contributed by atoms with Crippen molar-refractivity contribution in [3.8, 4) is 5.75 Å². The first-order valence-electron chi connectivity index (χ1n) is 11.1. The normalized spacial score (nSPS) is 16.2. The van der Waals surface area contributed by atoms with Gasteiger partial charge in [-0.3, -0.25) is 24.1 Å². The van der Waals surface area contributed by atoms with Crippen LogP contribution in [0.2, 0.25) is 0 Å². The highest BCUT2D eigenvalue weighted by Crippen LogP contribution is 2.26. The van der Waals surface area contributed by atoms with Gasteiger partial charge in [-0.2, -0.15) is 0 Å². The monoisotopic (exact) mass is 449 g/mol. The molecule has 4 amide bonds. The highest BCUT2D eigenvalue weighted by molar-refractivity contribution is 6.22. The Balaban J connectivity index is 1.31. The van der Waals surface area contributed by atoms with Crippen molar-refractivity contribution in [1.82, 2.24) is 15.1 Å². The average Bonchev–Trinajstić information content (AvgIpc) is 3.08. The van der Waals surface area contributed by atoms with Gasteiger partial charge in [0.05, 0.1) is 11.1 Å². The van der Waals surface area contributed by atoms with Crippen molar-refractivity contribution >= 4 is 23.6 Å². The lowest BCUT2D eigenvalue weighted by Crippen LogP contribution is -2.47. The molecule has 8 heteroatoms. The quantitative estimate of drug-likeness (QED) is 0.684. The number of nitrogens with one attached hydrogen (secondary N) is 1. The van der Waals surface area contributed by atoms with Gasteiger partial charge in [-0.05, 0) is 57.0 Å². The molecule has 1 fully saturated rings. The van der Waals surface area contributed by atoms with Crippen LogP contribution in [0, 0.1) is 0 Å². The summed E-state index contributed by atoms with van der Waals surface area (Å²) in [5.74, 6) is -0.423. The van der Waals surface area contributed by atoms with E-state index in [1.165, 1.54) is 11.0 Å². The van der Waals surface area contributed by atoms with Crippen LogP contribution in [0.5, 0.6) is 5.75 Å². The zero-order valence-corrected chi connectivity index (χ0v) is 18.7. The van der Waals surface area contributed by atoms with Crippen LogP contribution < -0.4 is 10.1 Å². The Hall–Kier alpha value is -3.68. The summed E-state index contributed by atoms with van der Waals surface area (Å²) in [5, 5.41) is 2.96. The highest BCUT2D eigenvalue weighted by Gasteiger charge is 2.38. The van der Waals surface area contributed by atoms with Crippen LogP contribution in [0.1, 0.15) is 57.8 Å². The van der Waals surface area contributed by atoms with Gasteiger partial charge < -0.3 is 15.0 Å². The summed E-state index contributed by atoms with van der Waals surface area (Å²) >= 11 is 0. The molecule has 0 unspecified atom stereocenters. The fourth-order valence-corrected chi connectivity index (χ4v) is 4.21. The third-order valence-electron chi connectivity index (χ3n) is 5.94. The van der Waals surface area contributed by atoms with Gasteiger partial charge in [0.15, 0.2) is 6.61 Å². The minimum Gasteiger partial charge on any atom is -0.484 e. The molecule has 0 aliphatic carbocycles. The molecule has 2 aromatic carbocycles. The summed E-state index contributed by atoms with van der Waals surface area (Å²) in [6.07, 6.45) is 1.26. The number of carbonyl (C=O) groups is 4. The van der Waals surface area contributed by atoms with E-state index >= 15 is 0 Å². The smallest absolute Gasteiger partial charge is 0.261 e. The van der Waals surface area contributed by atoms with Gasteiger partial charge in [0.2, 0.25) is 0 Å². The topological polar surface area (TPSA) is 96.0 Å². The molecule has 0 spiro atoms. The lowest BCUT2D eigenvalue weighted by Gasteiger charge is -2.32. The lowest BCUT2D eigenvalue weighted by atomic mass is 10.0. The molecule has 2 aliphatic heterocycles. The Bertz CT molecular complexity index is 1070. The van der Waals surface area contributed by atoms with E-state index in [1.54, 1.807) is 43.0 Å². The van der Waals surface area contributed by atoms with Crippen LogP contribution in [-0.2, 0) is 4.79 Å². The second-order valence-corrected chi connectivity index (χ2v) is 8.57. The first-order valence-corrected chi connectivity index (χ1v) is 11.1. The summed E-state index contributed by atoms with van der Waals surface area (Å²) in [5.41, 5.74) is 1.00. The van der Waals surface area contributed by atoms with Crippen LogP contribution in [0.4, 0.5) is 0 Å². The molecule has 1 N–H and O–H groups in total. The Morgan fingerprint density at radius 3 is 2.33 bits per heavy atom. The third-order valence-corrected chi connectivity index (χ3v) is 5.94. The second-order valence-electron chi connectivity index (χ2n) is 8.57. The number of para-hydroxylation sites is 1. The van der Waals surface area contributed by atoms with Gasteiger partial charge in [-0.25, -0.2) is 0 Å². The van der Waals surface area contributed by atoms with E-state index in [-0.39, 0.29) is 47.9 Å². The molecular formula is C25H27N3O5. The Morgan fingerprint density at radius 2 is 1.67 bits per heavy atom. The molecular weight excluding hydrogens is 422 g/mol. The lowest BCUT2D eigenvalue weighted by molar-refractivity contribution is -0.124. The van der Waals surface area contributed by atoms with Gasteiger partial charge in [-0.1, -0.05) is 18.2 Å². The number of imide groups is 1. The van der Waals surface area contributed by atoms with Crippen molar-refractivity contribution in [2.45, 2.75) is 38.8 Å². The molecule has 0 atom stereocenters. The number of rotatable bonds is 6. The van der Waals surface area contributed by atoms with E-state index < -0.39 is 0 Å². The zero-order chi connectivity index (χ0) is 23.5. The number of amides is 4. The minimum absolute atomic E-state index is 0.0280. The van der Waals surface area contributed by atoms with E-state index in [1.807, 2.05) is 18.2 Å². The fourth-order valence-electron chi connectivity index (χ4n) is 4.21. The number of piperidine rings is 1. The van der Waals surface area contributed by atoms with Gasteiger partial charge in [0.1, 0.15) is 5.75 Å². The maximum atomic E-state index is 13.0. The number of nitrogens with zero attached hydrogens (tertiary/aromatic N) is 2. The summed E-state index contributed by atoms with van der Waals surface area (Å²) in [7, 11) is 0. The summed E-state index contributed by atoms with van der Waals surface area (Å²) < 4.78 is 5.47.